The van der Waals surface area contributed by atoms with Crippen molar-refractivity contribution in [1.29, 1.82) is 5.26 Å². The van der Waals surface area contributed by atoms with E-state index >= 15 is 0 Å². The molecule has 0 atom stereocenters. The molecule has 1 aromatic heterocycles. The summed E-state index contributed by atoms with van der Waals surface area (Å²) in [6.45, 7) is 0. The van der Waals surface area contributed by atoms with E-state index in [9.17, 15) is 4.39 Å². The Kier molecular flexibility index (Phi) is 3.81. The fourth-order valence-corrected chi connectivity index (χ4v) is 2.07. The predicted molar refractivity (Wildman–Crippen MR) is 69.0 cm³/mol. The van der Waals surface area contributed by atoms with Crippen LogP contribution >= 0.6 is 23.2 Å². The van der Waals surface area contributed by atoms with Gasteiger partial charge in [0.2, 0.25) is 0 Å². The number of benzene rings is 1. The molecular formula is C13H7Cl2FN2. The number of pyridine rings is 1. The van der Waals surface area contributed by atoms with Crippen molar-refractivity contribution in [2.45, 2.75) is 6.42 Å². The molecule has 0 saturated heterocycles. The Morgan fingerprint density at radius 2 is 2.06 bits per heavy atom. The van der Waals surface area contributed by atoms with Crippen LogP contribution in [-0.2, 0) is 6.42 Å². The third-order valence-electron chi connectivity index (χ3n) is 2.42. The van der Waals surface area contributed by atoms with Gasteiger partial charge in [-0.1, -0.05) is 23.2 Å². The molecule has 0 aliphatic carbocycles. The second-order valence-corrected chi connectivity index (χ2v) is 4.44. The molecule has 1 aromatic carbocycles. The zero-order valence-electron chi connectivity index (χ0n) is 9.12. The molecule has 0 N–H and O–H groups in total. The van der Waals surface area contributed by atoms with Gasteiger partial charge in [0, 0.05) is 22.3 Å². The molecule has 1 heterocycles. The summed E-state index contributed by atoms with van der Waals surface area (Å²) in [6.07, 6.45) is 1.45. The fourth-order valence-electron chi connectivity index (χ4n) is 1.57. The van der Waals surface area contributed by atoms with E-state index in [1.165, 1.54) is 18.3 Å². The summed E-state index contributed by atoms with van der Waals surface area (Å²) in [5.74, 6) is -0.525. The standard InChI is InChI=1S/C13H7Cl2FN2/c14-9-1-2-10(11(15)7-9)13-12(16)8(3-5-17)4-6-18-13/h1-2,4,6-7H,3H2. The molecule has 90 valence electrons. The maximum Gasteiger partial charge on any atom is 0.153 e. The van der Waals surface area contributed by atoms with E-state index < -0.39 is 5.82 Å². The Bertz CT molecular complexity index is 635. The highest BCUT2D eigenvalue weighted by molar-refractivity contribution is 6.36. The van der Waals surface area contributed by atoms with Gasteiger partial charge in [0.15, 0.2) is 5.82 Å². The van der Waals surface area contributed by atoms with Crippen LogP contribution in [0.1, 0.15) is 5.56 Å². The van der Waals surface area contributed by atoms with Crippen LogP contribution in [0, 0.1) is 17.1 Å². The summed E-state index contributed by atoms with van der Waals surface area (Å²) < 4.78 is 14.1. The normalized spacial score (nSPS) is 10.1. The van der Waals surface area contributed by atoms with E-state index in [2.05, 4.69) is 4.98 Å². The summed E-state index contributed by atoms with van der Waals surface area (Å²) >= 11 is 11.8. The van der Waals surface area contributed by atoms with Crippen molar-refractivity contribution in [2.75, 3.05) is 0 Å². The minimum Gasteiger partial charge on any atom is -0.253 e. The van der Waals surface area contributed by atoms with Gasteiger partial charge in [-0.25, -0.2) is 4.39 Å². The van der Waals surface area contributed by atoms with Gasteiger partial charge in [-0.2, -0.15) is 5.26 Å². The van der Waals surface area contributed by atoms with Gasteiger partial charge < -0.3 is 0 Å². The Morgan fingerprint density at radius 3 is 2.72 bits per heavy atom. The highest BCUT2D eigenvalue weighted by Crippen LogP contribution is 2.31. The molecule has 0 saturated carbocycles. The van der Waals surface area contributed by atoms with Gasteiger partial charge in [0.05, 0.1) is 17.5 Å². The van der Waals surface area contributed by atoms with E-state index in [1.807, 2.05) is 6.07 Å². The first-order chi connectivity index (χ1) is 8.63. The molecule has 2 aromatic rings. The van der Waals surface area contributed by atoms with Gasteiger partial charge in [0.25, 0.3) is 0 Å². The number of halogens is 3. The van der Waals surface area contributed by atoms with E-state index in [0.717, 1.165) is 0 Å². The lowest BCUT2D eigenvalue weighted by Gasteiger charge is -2.07. The highest BCUT2D eigenvalue weighted by Gasteiger charge is 2.14. The van der Waals surface area contributed by atoms with Crippen LogP contribution in [0.5, 0.6) is 0 Å². The average molecular weight is 281 g/mol. The lowest BCUT2D eigenvalue weighted by Crippen LogP contribution is -1.96. The smallest absolute Gasteiger partial charge is 0.153 e. The first kappa shape index (κ1) is 12.8. The van der Waals surface area contributed by atoms with Gasteiger partial charge in [-0.3, -0.25) is 4.98 Å². The van der Waals surface area contributed by atoms with E-state index in [0.29, 0.717) is 21.2 Å². The molecule has 18 heavy (non-hydrogen) atoms. The fraction of sp³-hybridized carbons (Fsp3) is 0.0769. The third-order valence-corrected chi connectivity index (χ3v) is 2.97. The molecule has 0 radical (unpaired) electrons. The SMILES string of the molecule is N#CCc1ccnc(-c2ccc(Cl)cc2Cl)c1F. The molecule has 0 unspecified atom stereocenters. The molecule has 0 amide bonds. The highest BCUT2D eigenvalue weighted by atomic mass is 35.5. The predicted octanol–water partition coefficient (Wildman–Crippen LogP) is 4.26. The van der Waals surface area contributed by atoms with Gasteiger partial charge in [-0.05, 0) is 24.3 Å². The molecule has 2 rings (SSSR count). The lowest BCUT2D eigenvalue weighted by atomic mass is 10.1. The molecular weight excluding hydrogens is 274 g/mol. The van der Waals surface area contributed by atoms with Gasteiger partial charge >= 0.3 is 0 Å². The monoisotopic (exact) mass is 280 g/mol. The number of nitriles is 1. The van der Waals surface area contributed by atoms with Crippen LogP contribution < -0.4 is 0 Å². The number of hydrogen-bond donors (Lipinski definition) is 0. The van der Waals surface area contributed by atoms with E-state index in [4.69, 9.17) is 28.5 Å². The molecule has 2 nitrogen and oxygen atoms in total. The van der Waals surface area contributed by atoms with Crippen LogP contribution in [0.4, 0.5) is 4.39 Å². The second-order valence-electron chi connectivity index (χ2n) is 3.59. The Hall–Kier alpha value is -1.63. The van der Waals surface area contributed by atoms with Crippen LogP contribution in [-0.4, -0.2) is 4.98 Å². The summed E-state index contributed by atoms with van der Waals surface area (Å²) in [5.41, 5.74) is 0.885. The number of rotatable bonds is 2. The number of hydrogen-bond acceptors (Lipinski definition) is 2. The average Bonchev–Trinajstić information content (AvgIpc) is 2.33. The zero-order chi connectivity index (χ0) is 13.1. The summed E-state index contributed by atoms with van der Waals surface area (Å²) in [5, 5.41) is 9.41. The maximum atomic E-state index is 14.1. The first-order valence-electron chi connectivity index (χ1n) is 5.09. The van der Waals surface area contributed by atoms with Crippen molar-refractivity contribution in [3.63, 3.8) is 0 Å². The van der Waals surface area contributed by atoms with E-state index in [1.54, 1.807) is 12.1 Å². The molecule has 0 fully saturated rings. The largest absolute Gasteiger partial charge is 0.253 e. The summed E-state index contributed by atoms with van der Waals surface area (Å²) in [6, 6.07) is 8.12. The van der Waals surface area contributed by atoms with Gasteiger partial charge in [-0.15, -0.1) is 0 Å². The minimum absolute atomic E-state index is 0.00738. The molecule has 0 spiro atoms. The minimum atomic E-state index is -0.525. The maximum absolute atomic E-state index is 14.1. The lowest BCUT2D eigenvalue weighted by molar-refractivity contribution is 0.613. The Labute approximate surface area is 114 Å². The second kappa shape index (κ2) is 5.34. The van der Waals surface area contributed by atoms with Crippen molar-refractivity contribution in [3.05, 3.63) is 51.9 Å². The topological polar surface area (TPSA) is 36.7 Å². The van der Waals surface area contributed by atoms with Crippen LogP contribution in [0.15, 0.2) is 30.5 Å². The van der Waals surface area contributed by atoms with Crippen molar-refractivity contribution in [2.24, 2.45) is 0 Å². The van der Waals surface area contributed by atoms with Crippen LogP contribution in [0.25, 0.3) is 11.3 Å². The third kappa shape index (κ3) is 2.45. The van der Waals surface area contributed by atoms with Crippen molar-refractivity contribution in [3.8, 4) is 17.3 Å². The van der Waals surface area contributed by atoms with Crippen LogP contribution in [0.3, 0.4) is 0 Å². The molecule has 0 aliphatic rings. The van der Waals surface area contributed by atoms with Gasteiger partial charge in [0.1, 0.15) is 5.69 Å². The molecule has 0 aliphatic heterocycles. The quantitative estimate of drug-likeness (QED) is 0.824. The molecule has 5 heteroatoms. The number of nitrogens with zero attached hydrogens (tertiary/aromatic N) is 2. The Balaban J connectivity index is 2.58. The Morgan fingerprint density at radius 1 is 1.28 bits per heavy atom. The first-order valence-corrected chi connectivity index (χ1v) is 5.85. The summed E-state index contributed by atoms with van der Waals surface area (Å²) in [4.78, 5) is 3.97. The van der Waals surface area contributed by atoms with Crippen molar-refractivity contribution >= 4 is 23.2 Å². The van der Waals surface area contributed by atoms with Crippen molar-refractivity contribution in [1.82, 2.24) is 4.98 Å². The van der Waals surface area contributed by atoms with Crippen molar-refractivity contribution < 1.29 is 4.39 Å². The summed E-state index contributed by atoms with van der Waals surface area (Å²) in [7, 11) is 0. The molecule has 0 bridgehead atoms. The van der Waals surface area contributed by atoms with Crippen LogP contribution in [0.2, 0.25) is 10.0 Å². The van der Waals surface area contributed by atoms with E-state index in [-0.39, 0.29) is 12.1 Å². The zero-order valence-corrected chi connectivity index (χ0v) is 10.6. The number of aromatic nitrogens is 1.